The molecule has 1 saturated heterocycles. The summed E-state index contributed by atoms with van der Waals surface area (Å²) in [5, 5.41) is 5.82. The molecule has 3 amide bonds. The molecule has 8 nitrogen and oxygen atoms in total. The van der Waals surface area contributed by atoms with Crippen LogP contribution >= 0.6 is 11.6 Å². The summed E-state index contributed by atoms with van der Waals surface area (Å²) >= 11 is 5.79. The third kappa shape index (κ3) is 7.34. The summed E-state index contributed by atoms with van der Waals surface area (Å²) in [6.45, 7) is 6.47. The van der Waals surface area contributed by atoms with Crippen molar-refractivity contribution in [3.05, 3.63) is 23.4 Å². The fraction of sp³-hybridized carbons (Fsp3) is 0.579. The van der Waals surface area contributed by atoms with Crippen molar-refractivity contribution in [2.75, 3.05) is 25.0 Å². The third-order valence-corrected chi connectivity index (χ3v) is 4.35. The van der Waals surface area contributed by atoms with Gasteiger partial charge in [0, 0.05) is 32.3 Å². The molecule has 0 spiro atoms. The van der Waals surface area contributed by atoms with Crippen LogP contribution in [0.1, 0.15) is 40.0 Å². The number of halogens is 1. The smallest absolute Gasteiger partial charge is 0.407 e. The Bertz CT molecular complexity index is 703. The quantitative estimate of drug-likeness (QED) is 0.777. The van der Waals surface area contributed by atoms with E-state index in [9.17, 15) is 14.4 Å². The number of anilines is 1. The summed E-state index contributed by atoms with van der Waals surface area (Å²) in [7, 11) is 0. The molecular weight excluding hydrogens is 384 g/mol. The van der Waals surface area contributed by atoms with Gasteiger partial charge in [0.2, 0.25) is 11.8 Å². The van der Waals surface area contributed by atoms with E-state index in [1.807, 2.05) is 0 Å². The number of alkyl carbamates (subject to hydrolysis) is 1. The highest BCUT2D eigenvalue weighted by Gasteiger charge is 2.28. The zero-order valence-corrected chi connectivity index (χ0v) is 17.2. The Morgan fingerprint density at radius 1 is 1.32 bits per heavy atom. The molecule has 0 aliphatic carbocycles. The third-order valence-electron chi connectivity index (χ3n) is 4.13. The number of aromatic nitrogens is 1. The van der Waals surface area contributed by atoms with Crippen molar-refractivity contribution in [2.45, 2.75) is 45.6 Å². The Morgan fingerprint density at radius 3 is 2.71 bits per heavy atom. The maximum atomic E-state index is 12.5. The van der Waals surface area contributed by atoms with Crippen molar-refractivity contribution in [3.63, 3.8) is 0 Å². The predicted octanol–water partition coefficient (Wildman–Crippen LogP) is 2.83. The Morgan fingerprint density at radius 2 is 2.07 bits per heavy atom. The first kappa shape index (κ1) is 21.9. The molecule has 1 aliphatic rings. The van der Waals surface area contributed by atoms with Crippen LogP contribution in [0.2, 0.25) is 5.02 Å². The number of hydrogen-bond acceptors (Lipinski definition) is 5. The predicted molar refractivity (Wildman–Crippen MR) is 106 cm³/mol. The van der Waals surface area contributed by atoms with Gasteiger partial charge >= 0.3 is 6.09 Å². The Kier molecular flexibility index (Phi) is 7.62. The Balaban J connectivity index is 1.78. The van der Waals surface area contributed by atoms with Gasteiger partial charge in [-0.1, -0.05) is 11.6 Å². The van der Waals surface area contributed by atoms with Crippen molar-refractivity contribution < 1.29 is 19.1 Å². The molecule has 2 heterocycles. The van der Waals surface area contributed by atoms with Crippen molar-refractivity contribution in [1.29, 1.82) is 0 Å². The van der Waals surface area contributed by atoms with Crippen LogP contribution < -0.4 is 10.6 Å². The van der Waals surface area contributed by atoms with Crippen LogP contribution in [0.25, 0.3) is 0 Å². The molecule has 9 heteroatoms. The summed E-state index contributed by atoms with van der Waals surface area (Å²) in [6, 6.07) is 3.28. The van der Waals surface area contributed by atoms with Gasteiger partial charge in [-0.15, -0.1) is 0 Å². The van der Waals surface area contributed by atoms with E-state index >= 15 is 0 Å². The van der Waals surface area contributed by atoms with Gasteiger partial charge in [0.05, 0.1) is 10.9 Å². The minimum atomic E-state index is -0.583. The van der Waals surface area contributed by atoms with Crippen LogP contribution in [0.4, 0.5) is 10.6 Å². The molecule has 1 aliphatic heterocycles. The van der Waals surface area contributed by atoms with E-state index in [0.29, 0.717) is 30.4 Å². The summed E-state index contributed by atoms with van der Waals surface area (Å²) in [4.78, 5) is 42.2. The number of hydrogen-bond donors (Lipinski definition) is 2. The maximum absolute atomic E-state index is 12.5. The van der Waals surface area contributed by atoms with Gasteiger partial charge in [0.1, 0.15) is 11.4 Å². The summed E-state index contributed by atoms with van der Waals surface area (Å²) in [5.74, 6) is -0.134. The summed E-state index contributed by atoms with van der Waals surface area (Å²) < 4.78 is 5.14. The molecule has 1 aromatic rings. The zero-order valence-electron chi connectivity index (χ0n) is 16.5. The number of amides is 3. The largest absolute Gasteiger partial charge is 0.444 e. The summed E-state index contributed by atoms with van der Waals surface area (Å²) in [5.41, 5.74) is -0.583. The van der Waals surface area contributed by atoms with Gasteiger partial charge in [-0.25, -0.2) is 9.78 Å². The molecule has 0 radical (unpaired) electrons. The van der Waals surface area contributed by atoms with E-state index in [1.54, 1.807) is 37.8 Å². The first-order valence-electron chi connectivity index (χ1n) is 9.31. The van der Waals surface area contributed by atoms with Crippen molar-refractivity contribution in [1.82, 2.24) is 15.2 Å². The maximum Gasteiger partial charge on any atom is 0.407 e. The van der Waals surface area contributed by atoms with E-state index in [2.05, 4.69) is 15.6 Å². The molecule has 1 atom stereocenters. The SMILES string of the molecule is CC(C)(C)OC(=O)NCCC(=O)N1CCCC(C(=O)Nc2ccc(Cl)cn2)C1. The lowest BCUT2D eigenvalue weighted by Crippen LogP contribution is -2.44. The average molecular weight is 411 g/mol. The van der Waals surface area contributed by atoms with Gasteiger partial charge in [0.25, 0.3) is 0 Å². The van der Waals surface area contributed by atoms with Crippen LogP contribution in [0, 0.1) is 5.92 Å². The van der Waals surface area contributed by atoms with Crippen molar-refractivity contribution in [3.8, 4) is 0 Å². The number of likely N-dealkylation sites (tertiary alicyclic amines) is 1. The number of rotatable bonds is 5. The number of pyridine rings is 1. The number of carbonyl (C=O) groups is 3. The number of nitrogens with one attached hydrogen (secondary N) is 2. The topological polar surface area (TPSA) is 101 Å². The first-order valence-corrected chi connectivity index (χ1v) is 9.69. The number of carbonyl (C=O) groups excluding carboxylic acids is 3. The van der Waals surface area contributed by atoms with E-state index < -0.39 is 11.7 Å². The molecule has 1 aromatic heterocycles. The molecule has 0 aromatic carbocycles. The molecule has 0 bridgehead atoms. The van der Waals surface area contributed by atoms with E-state index in [-0.39, 0.29) is 30.7 Å². The van der Waals surface area contributed by atoms with Crippen LogP contribution in [0.15, 0.2) is 18.3 Å². The molecule has 1 fully saturated rings. The highest BCUT2D eigenvalue weighted by Crippen LogP contribution is 2.19. The number of ether oxygens (including phenoxy) is 1. The first-order chi connectivity index (χ1) is 13.1. The van der Waals surface area contributed by atoms with Gasteiger partial charge < -0.3 is 20.3 Å². The number of piperidine rings is 1. The lowest BCUT2D eigenvalue weighted by atomic mass is 9.97. The normalized spacial score (nSPS) is 17.0. The van der Waals surface area contributed by atoms with Crippen LogP contribution in [0.3, 0.4) is 0 Å². The van der Waals surface area contributed by atoms with Crippen molar-refractivity contribution >= 4 is 35.3 Å². The van der Waals surface area contributed by atoms with E-state index in [4.69, 9.17) is 16.3 Å². The fourth-order valence-corrected chi connectivity index (χ4v) is 2.95. The van der Waals surface area contributed by atoms with E-state index in [0.717, 1.165) is 6.42 Å². The molecule has 0 saturated carbocycles. The number of nitrogens with zero attached hydrogens (tertiary/aromatic N) is 2. The minimum absolute atomic E-state index is 0.0989. The molecule has 2 rings (SSSR count). The second kappa shape index (κ2) is 9.73. The lowest BCUT2D eigenvalue weighted by molar-refractivity contribution is -0.134. The second-order valence-electron chi connectivity index (χ2n) is 7.71. The molecule has 154 valence electrons. The van der Waals surface area contributed by atoms with Gasteiger partial charge in [-0.05, 0) is 45.7 Å². The van der Waals surface area contributed by atoms with Crippen molar-refractivity contribution in [2.24, 2.45) is 5.92 Å². The highest BCUT2D eigenvalue weighted by atomic mass is 35.5. The minimum Gasteiger partial charge on any atom is -0.444 e. The standard InChI is InChI=1S/C19H27ClN4O4/c1-19(2,3)28-18(27)21-9-8-16(25)24-10-4-5-13(12-24)17(26)23-15-7-6-14(20)11-22-15/h6-7,11,13H,4-5,8-10,12H2,1-3H3,(H,21,27)(H,22,23,26). The zero-order chi connectivity index (χ0) is 20.7. The molecule has 28 heavy (non-hydrogen) atoms. The van der Waals surface area contributed by atoms with Gasteiger partial charge in [0.15, 0.2) is 0 Å². The Hall–Kier alpha value is -2.35. The van der Waals surface area contributed by atoms with Crippen LogP contribution in [-0.2, 0) is 14.3 Å². The highest BCUT2D eigenvalue weighted by molar-refractivity contribution is 6.30. The average Bonchev–Trinajstić information content (AvgIpc) is 2.62. The molecule has 1 unspecified atom stereocenters. The Labute approximate surface area is 170 Å². The molecule has 2 N–H and O–H groups in total. The van der Waals surface area contributed by atoms with Crippen LogP contribution in [0.5, 0.6) is 0 Å². The van der Waals surface area contributed by atoms with Crippen LogP contribution in [-0.4, -0.2) is 53.0 Å². The monoisotopic (exact) mass is 410 g/mol. The lowest BCUT2D eigenvalue weighted by Gasteiger charge is -2.32. The van der Waals surface area contributed by atoms with E-state index in [1.165, 1.54) is 6.20 Å². The van der Waals surface area contributed by atoms with Gasteiger partial charge in [-0.2, -0.15) is 0 Å². The second-order valence-corrected chi connectivity index (χ2v) is 8.14. The fourth-order valence-electron chi connectivity index (χ4n) is 2.84. The summed E-state index contributed by atoms with van der Waals surface area (Å²) in [6.07, 6.45) is 2.53. The van der Waals surface area contributed by atoms with Gasteiger partial charge in [-0.3, -0.25) is 9.59 Å². The molecular formula is C19H27ClN4O4.